The summed E-state index contributed by atoms with van der Waals surface area (Å²) in [5, 5.41) is 13.0. The average molecular weight is 372 g/mol. The topological polar surface area (TPSA) is 56.3 Å². The first-order chi connectivity index (χ1) is 9.87. The zero-order valence-corrected chi connectivity index (χ0v) is 14.8. The van der Waals surface area contributed by atoms with E-state index >= 15 is 0 Å². The molecule has 2 aromatic rings. The van der Waals surface area contributed by atoms with Crippen molar-refractivity contribution >= 4 is 27.3 Å². The van der Waals surface area contributed by atoms with Crippen LogP contribution in [0.2, 0.25) is 0 Å². The lowest BCUT2D eigenvalue weighted by Gasteiger charge is -2.19. The van der Waals surface area contributed by atoms with Crippen LogP contribution in [0.15, 0.2) is 22.7 Å². The van der Waals surface area contributed by atoms with Gasteiger partial charge in [-0.05, 0) is 54.9 Å². The third-order valence-corrected chi connectivity index (χ3v) is 3.98. The highest BCUT2D eigenvalue weighted by Gasteiger charge is 2.13. The summed E-state index contributed by atoms with van der Waals surface area (Å²) in [6, 6.07) is 5.51. The Balaban J connectivity index is 2.02. The predicted molar refractivity (Wildman–Crippen MR) is 87.3 cm³/mol. The SMILES string of the molecule is COc1ccc(Oc2nnc(CNC(C)(C)C)s2)c(Br)c1. The molecule has 0 aliphatic rings. The predicted octanol–water partition coefficient (Wildman–Crippen LogP) is 3.99. The van der Waals surface area contributed by atoms with Gasteiger partial charge in [-0.1, -0.05) is 16.4 Å². The van der Waals surface area contributed by atoms with Crippen molar-refractivity contribution in [2.45, 2.75) is 32.9 Å². The molecule has 0 fully saturated rings. The van der Waals surface area contributed by atoms with E-state index in [0.717, 1.165) is 15.2 Å². The zero-order chi connectivity index (χ0) is 15.5. The number of hydrogen-bond acceptors (Lipinski definition) is 6. The molecule has 2 rings (SSSR count). The van der Waals surface area contributed by atoms with Crippen LogP contribution in [0.3, 0.4) is 0 Å². The van der Waals surface area contributed by atoms with Gasteiger partial charge in [0, 0.05) is 5.54 Å². The molecule has 114 valence electrons. The lowest BCUT2D eigenvalue weighted by atomic mass is 10.1. The minimum Gasteiger partial charge on any atom is -0.497 e. The van der Waals surface area contributed by atoms with Crippen LogP contribution in [0.4, 0.5) is 0 Å². The van der Waals surface area contributed by atoms with Crippen LogP contribution >= 0.6 is 27.3 Å². The molecular formula is C14H18BrN3O2S. The van der Waals surface area contributed by atoms with Crippen molar-refractivity contribution in [3.63, 3.8) is 0 Å². The highest BCUT2D eigenvalue weighted by molar-refractivity contribution is 9.10. The molecule has 21 heavy (non-hydrogen) atoms. The lowest BCUT2D eigenvalue weighted by Crippen LogP contribution is -2.35. The molecule has 0 aliphatic carbocycles. The van der Waals surface area contributed by atoms with Crippen molar-refractivity contribution in [1.29, 1.82) is 0 Å². The molecule has 0 atom stereocenters. The molecule has 1 N–H and O–H groups in total. The van der Waals surface area contributed by atoms with Gasteiger partial charge in [0.2, 0.25) is 0 Å². The number of nitrogens with zero attached hydrogens (tertiary/aromatic N) is 2. The van der Waals surface area contributed by atoms with Gasteiger partial charge in [-0.25, -0.2) is 0 Å². The minimum atomic E-state index is 0.0473. The van der Waals surface area contributed by atoms with E-state index in [-0.39, 0.29) is 5.54 Å². The average Bonchev–Trinajstić information content (AvgIpc) is 2.86. The number of methoxy groups -OCH3 is 1. The van der Waals surface area contributed by atoms with Crippen LogP contribution in [0.1, 0.15) is 25.8 Å². The van der Waals surface area contributed by atoms with Gasteiger partial charge in [0.1, 0.15) is 16.5 Å². The number of hydrogen-bond donors (Lipinski definition) is 1. The molecule has 7 heteroatoms. The van der Waals surface area contributed by atoms with Crippen molar-refractivity contribution in [2.75, 3.05) is 7.11 Å². The fourth-order valence-corrected chi connectivity index (χ4v) is 2.56. The minimum absolute atomic E-state index is 0.0473. The van der Waals surface area contributed by atoms with Crippen molar-refractivity contribution < 1.29 is 9.47 Å². The maximum absolute atomic E-state index is 5.74. The van der Waals surface area contributed by atoms with Crippen LogP contribution < -0.4 is 14.8 Å². The van der Waals surface area contributed by atoms with Gasteiger partial charge in [-0.15, -0.1) is 5.10 Å². The zero-order valence-electron chi connectivity index (χ0n) is 12.4. The second kappa shape index (κ2) is 6.72. The monoisotopic (exact) mass is 371 g/mol. The van der Waals surface area contributed by atoms with Gasteiger partial charge in [0.15, 0.2) is 0 Å². The Kier molecular flexibility index (Phi) is 5.18. The molecule has 0 radical (unpaired) electrons. The molecule has 0 amide bonds. The Hall–Kier alpha value is -1.18. The van der Waals surface area contributed by atoms with E-state index < -0.39 is 0 Å². The van der Waals surface area contributed by atoms with Crippen molar-refractivity contribution in [2.24, 2.45) is 0 Å². The number of ether oxygens (including phenoxy) is 2. The van der Waals surface area contributed by atoms with Gasteiger partial charge in [0.25, 0.3) is 5.19 Å². The molecule has 0 saturated heterocycles. The summed E-state index contributed by atoms with van der Waals surface area (Å²) in [6.45, 7) is 7.01. The first-order valence-corrected chi connectivity index (χ1v) is 8.07. The molecule has 0 aliphatic heterocycles. The van der Waals surface area contributed by atoms with E-state index in [1.807, 2.05) is 18.2 Å². The van der Waals surface area contributed by atoms with Crippen LogP contribution in [0.25, 0.3) is 0 Å². The standard InChI is InChI=1S/C14H18BrN3O2S/c1-14(2,3)16-8-12-17-18-13(21-12)20-11-6-5-9(19-4)7-10(11)15/h5-7,16H,8H2,1-4H3. The molecule has 0 unspecified atom stereocenters. The Morgan fingerprint density at radius 2 is 2.05 bits per heavy atom. The normalized spacial score (nSPS) is 11.5. The van der Waals surface area contributed by atoms with Crippen LogP contribution in [-0.2, 0) is 6.54 Å². The molecule has 1 aromatic heterocycles. The van der Waals surface area contributed by atoms with Crippen LogP contribution in [0.5, 0.6) is 16.7 Å². The molecule has 0 bridgehead atoms. The summed E-state index contributed by atoms with van der Waals surface area (Å²) in [5.74, 6) is 1.45. The summed E-state index contributed by atoms with van der Waals surface area (Å²) < 4.78 is 11.7. The number of aromatic nitrogens is 2. The molecule has 0 saturated carbocycles. The number of rotatable bonds is 5. The van der Waals surface area contributed by atoms with Gasteiger partial charge < -0.3 is 14.8 Å². The van der Waals surface area contributed by atoms with E-state index in [2.05, 4.69) is 52.2 Å². The highest BCUT2D eigenvalue weighted by atomic mass is 79.9. The van der Waals surface area contributed by atoms with Crippen molar-refractivity contribution in [3.8, 4) is 16.7 Å². The lowest BCUT2D eigenvalue weighted by molar-refractivity contribution is 0.412. The van der Waals surface area contributed by atoms with Crippen LogP contribution in [0, 0.1) is 0 Å². The van der Waals surface area contributed by atoms with E-state index in [1.165, 1.54) is 11.3 Å². The Bertz CT molecular complexity index is 611. The highest BCUT2D eigenvalue weighted by Crippen LogP contribution is 2.33. The van der Waals surface area contributed by atoms with E-state index in [1.54, 1.807) is 7.11 Å². The maximum Gasteiger partial charge on any atom is 0.299 e. The molecule has 0 spiro atoms. The third-order valence-electron chi connectivity index (χ3n) is 2.55. The van der Waals surface area contributed by atoms with Gasteiger partial charge in [-0.3, -0.25) is 0 Å². The largest absolute Gasteiger partial charge is 0.497 e. The van der Waals surface area contributed by atoms with Gasteiger partial charge in [-0.2, -0.15) is 0 Å². The second-order valence-corrected chi connectivity index (χ2v) is 7.34. The Labute approximate surface area is 136 Å². The summed E-state index contributed by atoms with van der Waals surface area (Å²) in [7, 11) is 1.63. The first-order valence-electron chi connectivity index (χ1n) is 6.46. The third kappa shape index (κ3) is 4.94. The number of halogens is 1. The summed E-state index contributed by atoms with van der Waals surface area (Å²) >= 11 is 4.88. The fraction of sp³-hybridized carbons (Fsp3) is 0.429. The quantitative estimate of drug-likeness (QED) is 0.860. The van der Waals surface area contributed by atoms with Crippen LogP contribution in [-0.4, -0.2) is 22.8 Å². The smallest absolute Gasteiger partial charge is 0.299 e. The number of nitrogens with one attached hydrogen (secondary N) is 1. The van der Waals surface area contributed by atoms with E-state index in [9.17, 15) is 0 Å². The van der Waals surface area contributed by atoms with Crippen molar-refractivity contribution in [1.82, 2.24) is 15.5 Å². The maximum atomic E-state index is 5.74. The molecule has 1 aromatic carbocycles. The number of benzene rings is 1. The molecule has 1 heterocycles. The summed E-state index contributed by atoms with van der Waals surface area (Å²) in [6.07, 6.45) is 0. The summed E-state index contributed by atoms with van der Waals surface area (Å²) in [4.78, 5) is 0. The molecule has 5 nitrogen and oxygen atoms in total. The fourth-order valence-electron chi connectivity index (χ4n) is 1.48. The van der Waals surface area contributed by atoms with E-state index in [4.69, 9.17) is 9.47 Å². The first kappa shape index (κ1) is 16.2. The second-order valence-electron chi connectivity index (χ2n) is 5.46. The van der Waals surface area contributed by atoms with Gasteiger partial charge >= 0.3 is 0 Å². The van der Waals surface area contributed by atoms with E-state index in [0.29, 0.717) is 17.5 Å². The Morgan fingerprint density at radius 3 is 2.67 bits per heavy atom. The molecular weight excluding hydrogens is 354 g/mol. The Morgan fingerprint density at radius 1 is 1.29 bits per heavy atom. The van der Waals surface area contributed by atoms with Gasteiger partial charge in [0.05, 0.1) is 18.1 Å². The van der Waals surface area contributed by atoms with Crippen molar-refractivity contribution in [3.05, 3.63) is 27.7 Å². The summed E-state index contributed by atoms with van der Waals surface area (Å²) in [5.41, 5.74) is 0.0473.